The topological polar surface area (TPSA) is 69.9 Å². The van der Waals surface area contributed by atoms with Crippen LogP contribution in [0.3, 0.4) is 0 Å². The Morgan fingerprint density at radius 3 is 1.38 bits per heavy atom. The third-order valence-corrected chi connectivity index (χ3v) is 7.16. The zero-order valence-corrected chi connectivity index (χ0v) is 22.3. The Morgan fingerprint density at radius 2 is 1.00 bits per heavy atom. The van der Waals surface area contributed by atoms with Crippen molar-refractivity contribution in [3.05, 3.63) is 35.4 Å². The molecule has 1 rings (SSSR count). The second-order valence-electron chi connectivity index (χ2n) is 10.3. The van der Waals surface area contributed by atoms with Crippen molar-refractivity contribution in [2.24, 2.45) is 5.41 Å². The Morgan fingerprint density at radius 1 is 0.618 bits per heavy atom. The SMILES string of the molecule is CCCCCCCCCCCCCCCCCCOC(c1ccc(C)cc1)C(CO)(CO)CO. The maximum absolute atomic E-state index is 9.91. The van der Waals surface area contributed by atoms with Gasteiger partial charge in [0.15, 0.2) is 0 Å². The lowest BCUT2D eigenvalue weighted by atomic mass is 9.80. The summed E-state index contributed by atoms with van der Waals surface area (Å²) in [6.07, 6.45) is 20.8. The molecule has 1 aromatic carbocycles. The first-order chi connectivity index (χ1) is 16.6. The van der Waals surface area contributed by atoms with E-state index in [9.17, 15) is 15.3 Å². The van der Waals surface area contributed by atoms with E-state index in [0.29, 0.717) is 6.61 Å². The van der Waals surface area contributed by atoms with Crippen molar-refractivity contribution in [1.29, 1.82) is 0 Å². The number of benzene rings is 1. The molecule has 0 heterocycles. The Labute approximate surface area is 210 Å². The molecular weight excluding hydrogens is 424 g/mol. The minimum Gasteiger partial charge on any atom is -0.395 e. The van der Waals surface area contributed by atoms with E-state index in [2.05, 4.69) is 6.92 Å². The van der Waals surface area contributed by atoms with E-state index < -0.39 is 11.5 Å². The van der Waals surface area contributed by atoms with Crippen LogP contribution in [0.2, 0.25) is 0 Å². The van der Waals surface area contributed by atoms with Gasteiger partial charge >= 0.3 is 0 Å². The number of unbranched alkanes of at least 4 members (excludes halogenated alkanes) is 15. The van der Waals surface area contributed by atoms with Crippen LogP contribution in [0.5, 0.6) is 0 Å². The van der Waals surface area contributed by atoms with Gasteiger partial charge in [0.1, 0.15) is 0 Å². The third kappa shape index (κ3) is 12.7. The molecule has 0 radical (unpaired) electrons. The molecule has 4 heteroatoms. The summed E-state index contributed by atoms with van der Waals surface area (Å²) in [7, 11) is 0. The average molecular weight is 479 g/mol. The summed E-state index contributed by atoms with van der Waals surface area (Å²) in [4.78, 5) is 0. The zero-order chi connectivity index (χ0) is 24.9. The van der Waals surface area contributed by atoms with Gasteiger partial charge in [-0.25, -0.2) is 0 Å². The molecule has 1 aromatic rings. The van der Waals surface area contributed by atoms with E-state index >= 15 is 0 Å². The molecule has 0 spiro atoms. The first-order valence-electron chi connectivity index (χ1n) is 14.1. The minimum absolute atomic E-state index is 0.322. The van der Waals surface area contributed by atoms with E-state index in [-0.39, 0.29) is 19.8 Å². The van der Waals surface area contributed by atoms with Crippen LogP contribution in [0.15, 0.2) is 24.3 Å². The van der Waals surface area contributed by atoms with Crippen LogP contribution in [-0.2, 0) is 4.74 Å². The van der Waals surface area contributed by atoms with Crippen molar-refractivity contribution < 1.29 is 20.1 Å². The number of hydrogen-bond acceptors (Lipinski definition) is 4. The number of hydrogen-bond donors (Lipinski definition) is 3. The van der Waals surface area contributed by atoms with Gasteiger partial charge in [-0.3, -0.25) is 0 Å². The van der Waals surface area contributed by atoms with Crippen LogP contribution in [0.1, 0.15) is 127 Å². The highest BCUT2D eigenvalue weighted by atomic mass is 16.5. The van der Waals surface area contributed by atoms with Crippen LogP contribution >= 0.6 is 0 Å². The highest BCUT2D eigenvalue weighted by Crippen LogP contribution is 2.37. The molecule has 1 unspecified atom stereocenters. The fraction of sp³-hybridized carbons (Fsp3) is 0.800. The summed E-state index contributed by atoms with van der Waals surface area (Å²) in [5.41, 5.74) is 0.951. The molecule has 198 valence electrons. The van der Waals surface area contributed by atoms with Gasteiger partial charge < -0.3 is 20.1 Å². The van der Waals surface area contributed by atoms with Gasteiger partial charge in [-0.1, -0.05) is 133 Å². The molecule has 0 aliphatic rings. The van der Waals surface area contributed by atoms with Crippen LogP contribution in [-0.4, -0.2) is 41.7 Å². The predicted octanol–water partition coefficient (Wildman–Crippen LogP) is 7.28. The lowest BCUT2D eigenvalue weighted by Crippen LogP contribution is -2.41. The molecule has 1 atom stereocenters. The van der Waals surface area contributed by atoms with Gasteiger partial charge in [0, 0.05) is 6.61 Å². The monoisotopic (exact) mass is 478 g/mol. The Balaban J connectivity index is 2.13. The molecule has 0 bridgehead atoms. The van der Waals surface area contributed by atoms with Crippen molar-refractivity contribution in [3.8, 4) is 0 Å². The largest absolute Gasteiger partial charge is 0.395 e. The molecule has 0 saturated heterocycles. The molecule has 0 saturated carbocycles. The summed E-state index contributed by atoms with van der Waals surface area (Å²) >= 11 is 0. The second-order valence-corrected chi connectivity index (χ2v) is 10.3. The van der Waals surface area contributed by atoms with Gasteiger partial charge in [0.25, 0.3) is 0 Å². The Hall–Kier alpha value is -0.940. The molecule has 0 aromatic heterocycles. The molecule has 3 N–H and O–H groups in total. The molecule has 4 nitrogen and oxygen atoms in total. The molecule has 0 fully saturated rings. The van der Waals surface area contributed by atoms with Crippen LogP contribution in [0.25, 0.3) is 0 Å². The Bertz CT molecular complexity index is 559. The lowest BCUT2D eigenvalue weighted by Gasteiger charge is -2.36. The predicted molar refractivity (Wildman–Crippen MR) is 143 cm³/mol. The van der Waals surface area contributed by atoms with Crippen LogP contribution < -0.4 is 0 Å². The van der Waals surface area contributed by atoms with Gasteiger partial charge in [-0.2, -0.15) is 0 Å². The van der Waals surface area contributed by atoms with Crippen molar-refractivity contribution in [1.82, 2.24) is 0 Å². The van der Waals surface area contributed by atoms with Crippen molar-refractivity contribution in [3.63, 3.8) is 0 Å². The Kier molecular flexibility index (Phi) is 18.5. The number of ether oxygens (including phenoxy) is 1. The highest BCUT2D eigenvalue weighted by Gasteiger charge is 2.39. The average Bonchev–Trinajstić information content (AvgIpc) is 2.86. The standard InChI is InChI=1S/C30H54O4/c1-3-4-5-6-7-8-9-10-11-12-13-14-15-16-17-18-23-34-29(30(24-31,25-32)26-33)28-21-19-27(2)20-22-28/h19-22,29,31-33H,3-18,23-26H2,1-2H3. The van der Waals surface area contributed by atoms with E-state index in [4.69, 9.17) is 4.74 Å². The second kappa shape index (κ2) is 20.3. The smallest absolute Gasteiger partial charge is 0.0947 e. The van der Waals surface area contributed by atoms with Gasteiger partial charge in [-0.05, 0) is 18.9 Å². The van der Waals surface area contributed by atoms with E-state index in [0.717, 1.165) is 24.0 Å². The van der Waals surface area contributed by atoms with Crippen molar-refractivity contribution in [2.75, 3.05) is 26.4 Å². The normalized spacial score (nSPS) is 12.9. The summed E-state index contributed by atoms with van der Waals surface area (Å²) in [6.45, 7) is 3.90. The van der Waals surface area contributed by atoms with Gasteiger partial charge in [0.2, 0.25) is 0 Å². The number of aliphatic hydroxyl groups is 3. The molecule has 0 aliphatic carbocycles. The van der Waals surface area contributed by atoms with Crippen molar-refractivity contribution >= 4 is 0 Å². The van der Waals surface area contributed by atoms with Gasteiger partial charge in [-0.15, -0.1) is 0 Å². The maximum Gasteiger partial charge on any atom is 0.0947 e. The molecular formula is C30H54O4. The van der Waals surface area contributed by atoms with Crippen LogP contribution in [0.4, 0.5) is 0 Å². The molecule has 34 heavy (non-hydrogen) atoms. The van der Waals surface area contributed by atoms with E-state index in [1.807, 2.05) is 31.2 Å². The van der Waals surface area contributed by atoms with E-state index in [1.165, 1.54) is 89.9 Å². The number of rotatable bonds is 23. The first-order valence-corrected chi connectivity index (χ1v) is 14.1. The number of aliphatic hydroxyl groups excluding tert-OH is 3. The molecule has 0 aliphatic heterocycles. The fourth-order valence-corrected chi connectivity index (χ4v) is 4.62. The summed E-state index contributed by atoms with van der Waals surface area (Å²) in [5, 5.41) is 29.7. The first kappa shape index (κ1) is 31.1. The van der Waals surface area contributed by atoms with E-state index in [1.54, 1.807) is 0 Å². The highest BCUT2D eigenvalue weighted by molar-refractivity contribution is 5.25. The third-order valence-electron chi connectivity index (χ3n) is 7.16. The fourth-order valence-electron chi connectivity index (χ4n) is 4.62. The van der Waals surface area contributed by atoms with Crippen LogP contribution in [0, 0.1) is 12.3 Å². The number of aryl methyl sites for hydroxylation is 1. The lowest BCUT2D eigenvalue weighted by molar-refractivity contribution is -0.117. The van der Waals surface area contributed by atoms with Gasteiger partial charge in [0.05, 0.1) is 31.3 Å². The summed E-state index contributed by atoms with van der Waals surface area (Å²) in [6, 6.07) is 7.92. The molecule has 0 amide bonds. The summed E-state index contributed by atoms with van der Waals surface area (Å²) in [5.74, 6) is 0. The van der Waals surface area contributed by atoms with Crippen molar-refractivity contribution in [2.45, 2.75) is 123 Å². The zero-order valence-electron chi connectivity index (χ0n) is 22.3. The maximum atomic E-state index is 9.91. The minimum atomic E-state index is -1.08. The quantitative estimate of drug-likeness (QED) is 0.145. The summed E-state index contributed by atoms with van der Waals surface area (Å²) < 4.78 is 6.15.